The topological polar surface area (TPSA) is 448 Å². The van der Waals surface area contributed by atoms with E-state index in [4.69, 9.17) is 5.11 Å². The van der Waals surface area contributed by atoms with Crippen molar-refractivity contribution in [1.82, 2.24) is 42.2 Å². The molecule has 1 saturated carbocycles. The van der Waals surface area contributed by atoms with Gasteiger partial charge in [0.1, 0.15) is 36.0 Å². The largest absolute Gasteiger partial charge is 0.481 e. The molecule has 5 unspecified atom stereocenters. The van der Waals surface area contributed by atoms with Crippen LogP contribution in [0.5, 0.6) is 0 Å². The highest BCUT2D eigenvalue weighted by molar-refractivity contribution is 14.1. The smallest absolute Gasteiger partial charge is 0.326 e. The minimum absolute atomic E-state index is 0.0370. The van der Waals surface area contributed by atoms with Crippen molar-refractivity contribution in [3.05, 3.63) is 71.9 Å². The number of hydrazone groups is 1. The molecule has 1 fully saturated rings. The van der Waals surface area contributed by atoms with Crippen molar-refractivity contribution in [2.45, 2.75) is 114 Å². The molecule has 432 valence electrons. The maximum Gasteiger partial charge on any atom is 0.326 e. The summed E-state index contributed by atoms with van der Waals surface area (Å²) in [4.78, 5) is 154. The lowest BCUT2D eigenvalue weighted by Gasteiger charge is -2.30. The predicted octanol–water partition coefficient (Wildman–Crippen LogP) is 1.66. The molecule has 7 amide bonds. The first-order valence-corrected chi connectivity index (χ1v) is 26.5. The number of aliphatic carboxylic acids is 6. The van der Waals surface area contributed by atoms with Crippen LogP contribution in [-0.2, 0) is 54.4 Å². The van der Waals surface area contributed by atoms with Crippen LogP contribution in [0.2, 0.25) is 0 Å². The zero-order valence-electron chi connectivity index (χ0n) is 42.9. The van der Waals surface area contributed by atoms with E-state index in [1.165, 1.54) is 16.4 Å². The molecule has 3 aromatic rings. The fourth-order valence-electron chi connectivity index (χ4n) is 8.56. The summed E-state index contributed by atoms with van der Waals surface area (Å²) in [6, 6.07) is 7.24. The third-order valence-electron chi connectivity index (χ3n) is 13.0. The Hall–Kier alpha value is -8.51. The van der Waals surface area contributed by atoms with Gasteiger partial charge in [-0.15, -0.1) is 0 Å². The fraction of sp³-hybridized carbons (Fsp3) is 0.451. The Labute approximate surface area is 470 Å². The molecule has 1 aromatic heterocycles. The van der Waals surface area contributed by atoms with Crippen molar-refractivity contribution in [3.8, 4) is 0 Å². The fourth-order valence-corrected chi connectivity index (χ4v) is 8.70. The van der Waals surface area contributed by atoms with Crippen LogP contribution in [0.3, 0.4) is 0 Å². The van der Waals surface area contributed by atoms with Crippen LogP contribution in [0, 0.1) is 17.8 Å². The van der Waals surface area contributed by atoms with Gasteiger partial charge in [0.2, 0.25) is 23.6 Å². The van der Waals surface area contributed by atoms with Crippen LogP contribution >= 0.6 is 22.6 Å². The van der Waals surface area contributed by atoms with Crippen molar-refractivity contribution in [3.63, 3.8) is 0 Å². The van der Waals surface area contributed by atoms with Crippen LogP contribution in [0.4, 0.5) is 10.6 Å². The number of halogens is 1. The Morgan fingerprint density at radius 1 is 0.613 bits per heavy atom. The van der Waals surface area contributed by atoms with Crippen LogP contribution in [0.25, 0.3) is 10.8 Å². The number of nitrogens with zero attached hydrogens (tertiary/aromatic N) is 2. The molecule has 1 aliphatic rings. The Kier molecular flexibility index (Phi) is 25.9. The van der Waals surface area contributed by atoms with Gasteiger partial charge in [-0.05, 0) is 115 Å². The number of hydrogen-bond acceptors (Lipinski definition) is 15. The van der Waals surface area contributed by atoms with Crippen LogP contribution < -0.4 is 42.6 Å². The molecule has 80 heavy (non-hydrogen) atoms. The summed E-state index contributed by atoms with van der Waals surface area (Å²) in [7, 11) is 0. The molecule has 1 heterocycles. The lowest BCUT2D eigenvalue weighted by Crippen LogP contribution is -2.55. The summed E-state index contributed by atoms with van der Waals surface area (Å²) in [6.45, 7) is -0.0108. The van der Waals surface area contributed by atoms with Crippen LogP contribution in [0.1, 0.15) is 93.0 Å². The minimum atomic E-state index is -2.17. The summed E-state index contributed by atoms with van der Waals surface area (Å²) < 4.78 is 1.43. The number of benzene rings is 2. The van der Waals surface area contributed by atoms with Crippen molar-refractivity contribution < 1.29 is 88.2 Å². The number of pyridine rings is 1. The van der Waals surface area contributed by atoms with E-state index in [2.05, 4.69) is 52.7 Å². The first-order valence-electron chi connectivity index (χ1n) is 25.2. The average Bonchev–Trinajstić information content (AvgIpc) is 3.43. The predicted molar refractivity (Wildman–Crippen MR) is 290 cm³/mol. The van der Waals surface area contributed by atoms with E-state index in [0.717, 1.165) is 22.5 Å². The van der Waals surface area contributed by atoms with Crippen molar-refractivity contribution >= 4 is 115 Å². The number of urea groups is 1. The van der Waals surface area contributed by atoms with Gasteiger partial charge in [0.05, 0.1) is 9.78 Å². The van der Waals surface area contributed by atoms with Crippen molar-refractivity contribution in [1.29, 1.82) is 0 Å². The van der Waals surface area contributed by atoms with Gasteiger partial charge in [-0.1, -0.05) is 42.5 Å². The molecule has 2 aromatic carbocycles. The number of rotatable bonds is 33. The molecule has 0 bridgehead atoms. The quantitative estimate of drug-likeness (QED) is 0.0136. The third-order valence-corrected chi connectivity index (χ3v) is 13.2. The molecule has 4 rings (SSSR count). The number of carboxylic acid groups (broad SMARTS) is 6. The summed E-state index contributed by atoms with van der Waals surface area (Å²) in [5.74, 6) is -15.8. The van der Waals surface area contributed by atoms with E-state index in [9.17, 15) is 83.1 Å². The number of aromatic nitrogens is 1. The van der Waals surface area contributed by atoms with Gasteiger partial charge >= 0.3 is 41.8 Å². The molecule has 0 saturated heterocycles. The van der Waals surface area contributed by atoms with E-state index in [0.29, 0.717) is 25.7 Å². The van der Waals surface area contributed by atoms with Crippen molar-refractivity contribution in [2.75, 3.05) is 18.5 Å². The maximum atomic E-state index is 13.9. The molecule has 0 radical (unpaired) electrons. The number of amides is 7. The second-order valence-corrected chi connectivity index (χ2v) is 19.3. The monoisotopic (exact) mass is 1230 g/mol. The summed E-state index contributed by atoms with van der Waals surface area (Å²) >= 11 is 1.86. The molecule has 0 aliphatic heterocycles. The number of hydrogen-bond donors (Lipinski definition) is 14. The minimum Gasteiger partial charge on any atom is -0.481 e. The summed E-state index contributed by atoms with van der Waals surface area (Å²) in [5, 5.41) is 79.4. The standard InChI is InChI=1S/C51H63IN10O18/c52-26-56-62-39-17-14-32(25-54-39)43(68)57-34(15-18-40(63)64)46(71)59-38(23-33(47(72)73)48(74)75)45(70)55-24-27-8-12-30(13-9-27)42(67)58-37(22-28-10-11-29-5-1-2-6-31(29)21-28)44(69)53-20-4-3-7-35(49(76)77)60-51(80)61-36(50(78)79)16-19-41(65)66/h1-2,5-6,10-11,14,17,21,25-27,30,33-38H,3-4,7-9,12-13,15-16,18-20,22-24H2,(H,53,69)(H,54,62)(H,55,70)(H,57,68)(H,58,67)(H,59,71)(H,63,64)(H,65,66)(H,72,73)(H,74,75)(H,76,77)(H,78,79)(H2,60,61,80)/b56-26+. The Morgan fingerprint density at radius 2 is 1.23 bits per heavy atom. The van der Waals surface area contributed by atoms with Crippen LogP contribution in [0.15, 0.2) is 65.9 Å². The Bertz CT molecular complexity index is 2740. The zero-order valence-corrected chi connectivity index (χ0v) is 45.1. The van der Waals surface area contributed by atoms with E-state index >= 15 is 0 Å². The number of anilines is 1. The van der Waals surface area contributed by atoms with Gasteiger partial charge in [0.25, 0.3) is 5.91 Å². The number of unbranched alkanes of at least 4 members (excludes halogenated alkanes) is 1. The van der Waals surface area contributed by atoms with E-state index in [1.807, 2.05) is 65.1 Å². The Balaban J connectivity index is 1.37. The molecule has 5 atom stereocenters. The number of nitrogens with one attached hydrogen (secondary N) is 8. The number of carboxylic acids is 6. The highest BCUT2D eigenvalue weighted by Gasteiger charge is 2.36. The third kappa shape index (κ3) is 21.7. The van der Waals surface area contributed by atoms with Crippen LogP contribution in [-0.4, -0.2) is 155 Å². The van der Waals surface area contributed by atoms with Gasteiger partial charge in [0.15, 0.2) is 5.92 Å². The number of carbonyl (C=O) groups excluding carboxylic acids is 6. The van der Waals surface area contributed by atoms with Gasteiger partial charge in [-0.3, -0.25) is 48.6 Å². The highest BCUT2D eigenvalue weighted by Crippen LogP contribution is 2.29. The first-order chi connectivity index (χ1) is 38.0. The van der Waals surface area contributed by atoms with Gasteiger partial charge < -0.3 is 67.9 Å². The average molecular weight is 1230 g/mol. The highest BCUT2D eigenvalue weighted by atomic mass is 127. The normalized spacial score (nSPS) is 15.9. The lowest BCUT2D eigenvalue weighted by molar-refractivity contribution is -0.156. The number of carbonyl (C=O) groups is 12. The van der Waals surface area contributed by atoms with Gasteiger partial charge in [-0.2, -0.15) is 5.10 Å². The lowest BCUT2D eigenvalue weighted by atomic mass is 9.81. The molecule has 1 aliphatic carbocycles. The first kappa shape index (κ1) is 64.0. The summed E-state index contributed by atoms with van der Waals surface area (Å²) in [5.41, 5.74) is 3.29. The molecular weight excluding hydrogens is 1170 g/mol. The molecule has 29 heteroatoms. The van der Waals surface area contributed by atoms with Gasteiger partial charge in [-0.25, -0.2) is 19.4 Å². The maximum absolute atomic E-state index is 13.9. The van der Waals surface area contributed by atoms with E-state index in [-0.39, 0.29) is 56.1 Å². The molecule has 14 N–H and O–H groups in total. The van der Waals surface area contributed by atoms with Crippen molar-refractivity contribution in [2.24, 2.45) is 22.9 Å². The second-order valence-electron chi connectivity index (χ2n) is 18.8. The summed E-state index contributed by atoms with van der Waals surface area (Å²) in [6.07, 6.45) is -0.147. The SMILES string of the molecule is O=C(O)CCC(NC(=O)NC(CCCCNC(=O)C(Cc1ccc2ccccc2c1)NC(=O)C1CCC(CNC(=O)C(CC(C(=O)O)C(=O)O)NC(=O)C(CCC(=O)O)NC(=O)c2ccc(N/N=C/I)nc2)CC1)C(=O)O)C(=O)O. The van der Waals surface area contributed by atoms with Gasteiger partial charge in [0, 0.05) is 50.9 Å². The zero-order chi connectivity index (χ0) is 58.9. The Morgan fingerprint density at radius 3 is 1.81 bits per heavy atom. The molecular formula is C51H63IN10O18. The molecule has 0 spiro atoms. The van der Waals surface area contributed by atoms with E-state index < -0.39 is 146 Å². The second kappa shape index (κ2) is 32.4. The number of fused-ring (bicyclic) bond motifs is 1. The van der Waals surface area contributed by atoms with E-state index in [1.54, 1.807) is 0 Å². The molecule has 28 nitrogen and oxygen atoms in total.